The van der Waals surface area contributed by atoms with Crippen LogP contribution in [0.5, 0.6) is 0 Å². The van der Waals surface area contributed by atoms with E-state index in [4.69, 9.17) is 14.9 Å². The second kappa shape index (κ2) is 5.67. The Kier molecular flexibility index (Phi) is 5.70. The molecule has 0 aromatic heterocycles. The summed E-state index contributed by atoms with van der Waals surface area (Å²) in [7, 11) is -4.37. The summed E-state index contributed by atoms with van der Waals surface area (Å²) in [4.78, 5) is 16.7. The molecular weight excluding hydrogens is 183 g/mol. The van der Waals surface area contributed by atoms with Crippen molar-refractivity contribution in [3.63, 3.8) is 0 Å². The van der Waals surface area contributed by atoms with Crippen LogP contribution in [-0.4, -0.2) is 28.1 Å². The van der Waals surface area contributed by atoms with Gasteiger partial charge in [-0.2, -0.15) is 0 Å². The molecule has 0 radical (unpaired) electrons. The molecule has 0 bridgehead atoms. The van der Waals surface area contributed by atoms with Gasteiger partial charge in [0.25, 0.3) is 0 Å². The fourth-order valence-corrected chi connectivity index (χ4v) is 1.24. The predicted molar refractivity (Wildman–Crippen MR) is 43.5 cm³/mol. The van der Waals surface area contributed by atoms with Gasteiger partial charge in [0.2, 0.25) is 0 Å². The highest BCUT2D eigenvalue weighted by atomic mass is 31.2. The van der Waals surface area contributed by atoms with Crippen LogP contribution in [0.4, 0.5) is 0 Å². The summed E-state index contributed by atoms with van der Waals surface area (Å²) in [6.45, 7) is 1.74. The molecule has 0 rings (SSSR count). The van der Waals surface area contributed by atoms with Gasteiger partial charge in [-0.1, -0.05) is 13.3 Å². The first-order valence-corrected chi connectivity index (χ1v) is 5.33. The maximum Gasteiger partial charge on any atom is 0.469 e. The number of hydrogen-bond acceptors (Lipinski definition) is 3. The second-order valence-electron chi connectivity index (χ2n) is 2.62. The van der Waals surface area contributed by atoms with Gasteiger partial charge in [-0.15, -0.1) is 0 Å². The van der Waals surface area contributed by atoms with E-state index in [2.05, 4.69) is 4.52 Å². The van der Waals surface area contributed by atoms with E-state index in [0.29, 0.717) is 6.42 Å². The summed E-state index contributed by atoms with van der Waals surface area (Å²) in [5, 5.41) is 8.72. The third-order valence-corrected chi connectivity index (χ3v) is 1.92. The first kappa shape index (κ1) is 12.1. The second-order valence-corrected chi connectivity index (χ2v) is 3.86. The maximum absolute atomic E-state index is 10.2. The van der Waals surface area contributed by atoms with Crippen molar-refractivity contribution in [2.24, 2.45) is 5.92 Å². The van der Waals surface area contributed by atoms with Crippen molar-refractivity contribution in [3.8, 4) is 0 Å². The highest BCUT2D eigenvalue weighted by Gasteiger charge is 2.16. The molecule has 5 nitrogen and oxygen atoms in total. The fraction of sp³-hybridized carbons (Fsp3) is 1.00. The normalized spacial score (nSPS) is 14.7. The number of aliphatic hydroxyl groups is 1. The molecule has 6 heteroatoms. The zero-order valence-corrected chi connectivity index (χ0v) is 7.91. The minimum atomic E-state index is -4.37. The molecule has 1 atom stereocenters. The Balaban J connectivity index is 3.65. The number of aliphatic hydroxyl groups excluding tert-OH is 1. The first-order valence-electron chi connectivity index (χ1n) is 3.80. The summed E-state index contributed by atoms with van der Waals surface area (Å²) < 4.78 is 14.5. The Morgan fingerprint density at radius 1 is 1.50 bits per heavy atom. The van der Waals surface area contributed by atoms with E-state index < -0.39 is 7.82 Å². The van der Waals surface area contributed by atoms with E-state index in [1.807, 2.05) is 6.92 Å². The predicted octanol–water partition coefficient (Wildman–Crippen LogP) is 0.504. The molecule has 0 aliphatic carbocycles. The number of hydrogen-bond donors (Lipinski definition) is 3. The average molecular weight is 198 g/mol. The van der Waals surface area contributed by atoms with Gasteiger partial charge in [0.05, 0.1) is 6.61 Å². The molecule has 0 amide bonds. The Bertz CT molecular complexity index is 154. The molecule has 1 unspecified atom stereocenters. The van der Waals surface area contributed by atoms with Crippen LogP contribution in [-0.2, 0) is 9.09 Å². The van der Waals surface area contributed by atoms with Crippen molar-refractivity contribution < 1.29 is 24.0 Å². The third kappa shape index (κ3) is 6.76. The van der Waals surface area contributed by atoms with E-state index in [1.54, 1.807) is 0 Å². The molecule has 0 saturated heterocycles. The van der Waals surface area contributed by atoms with Crippen LogP contribution in [0.15, 0.2) is 0 Å². The molecule has 0 spiro atoms. The van der Waals surface area contributed by atoms with Crippen molar-refractivity contribution in [1.29, 1.82) is 0 Å². The van der Waals surface area contributed by atoms with Gasteiger partial charge in [0.15, 0.2) is 0 Å². The maximum atomic E-state index is 10.2. The van der Waals surface area contributed by atoms with Gasteiger partial charge in [0, 0.05) is 12.5 Å². The lowest BCUT2D eigenvalue weighted by molar-refractivity contribution is 0.124. The van der Waals surface area contributed by atoms with Crippen LogP contribution < -0.4 is 0 Å². The van der Waals surface area contributed by atoms with Gasteiger partial charge in [-0.25, -0.2) is 4.57 Å². The number of phosphoric ester groups is 1. The molecule has 12 heavy (non-hydrogen) atoms. The molecule has 0 saturated carbocycles. The summed E-state index contributed by atoms with van der Waals surface area (Å²) >= 11 is 0. The van der Waals surface area contributed by atoms with Crippen LogP contribution in [0.3, 0.4) is 0 Å². The van der Waals surface area contributed by atoms with Gasteiger partial charge in [-0.3, -0.25) is 4.52 Å². The van der Waals surface area contributed by atoms with E-state index in [0.717, 1.165) is 6.42 Å². The van der Waals surface area contributed by atoms with Crippen molar-refractivity contribution in [1.82, 2.24) is 0 Å². The van der Waals surface area contributed by atoms with Gasteiger partial charge in [-0.05, 0) is 6.42 Å². The Morgan fingerprint density at radius 3 is 2.42 bits per heavy atom. The SMILES string of the molecule is CCCC(CO)COP(=O)(O)O. The van der Waals surface area contributed by atoms with Crippen molar-refractivity contribution in [3.05, 3.63) is 0 Å². The summed E-state index contributed by atoms with van der Waals surface area (Å²) in [6, 6.07) is 0. The van der Waals surface area contributed by atoms with E-state index in [-0.39, 0.29) is 19.1 Å². The zero-order valence-electron chi connectivity index (χ0n) is 7.01. The Morgan fingerprint density at radius 2 is 2.08 bits per heavy atom. The van der Waals surface area contributed by atoms with Crippen molar-refractivity contribution in [2.45, 2.75) is 19.8 Å². The molecular formula is C6H15O5P. The van der Waals surface area contributed by atoms with Crippen LogP contribution in [0.2, 0.25) is 0 Å². The number of phosphoric acid groups is 1. The molecule has 0 aromatic carbocycles. The first-order chi connectivity index (χ1) is 5.49. The highest BCUT2D eigenvalue weighted by molar-refractivity contribution is 7.46. The average Bonchev–Trinajstić information content (AvgIpc) is 1.96. The third-order valence-electron chi connectivity index (χ3n) is 1.43. The quantitative estimate of drug-likeness (QED) is 0.541. The monoisotopic (exact) mass is 198 g/mol. The van der Waals surface area contributed by atoms with Gasteiger partial charge < -0.3 is 14.9 Å². The molecule has 3 N–H and O–H groups in total. The van der Waals surface area contributed by atoms with Crippen LogP contribution >= 0.6 is 7.82 Å². The largest absolute Gasteiger partial charge is 0.469 e. The van der Waals surface area contributed by atoms with E-state index >= 15 is 0 Å². The summed E-state index contributed by atoms with van der Waals surface area (Å²) in [6.07, 6.45) is 1.56. The molecule has 0 aliphatic rings. The highest BCUT2D eigenvalue weighted by Crippen LogP contribution is 2.36. The van der Waals surface area contributed by atoms with Crippen LogP contribution in [0.1, 0.15) is 19.8 Å². The molecule has 0 aliphatic heterocycles. The van der Waals surface area contributed by atoms with Crippen LogP contribution in [0.25, 0.3) is 0 Å². The molecule has 0 heterocycles. The Hall–Kier alpha value is 0.0700. The summed E-state index contributed by atoms with van der Waals surface area (Å²) in [5.74, 6) is -0.178. The van der Waals surface area contributed by atoms with Crippen molar-refractivity contribution >= 4 is 7.82 Å². The lowest BCUT2D eigenvalue weighted by Crippen LogP contribution is -2.12. The van der Waals surface area contributed by atoms with Gasteiger partial charge in [0.1, 0.15) is 0 Å². The van der Waals surface area contributed by atoms with E-state index in [1.165, 1.54) is 0 Å². The smallest absolute Gasteiger partial charge is 0.396 e. The molecule has 74 valence electrons. The molecule has 0 fully saturated rings. The topological polar surface area (TPSA) is 87.0 Å². The zero-order chi connectivity index (χ0) is 9.61. The number of rotatable bonds is 6. The molecule has 0 aromatic rings. The minimum absolute atomic E-state index is 0.0887. The van der Waals surface area contributed by atoms with Crippen LogP contribution in [0, 0.1) is 5.92 Å². The lowest BCUT2D eigenvalue weighted by Gasteiger charge is -2.13. The van der Waals surface area contributed by atoms with E-state index in [9.17, 15) is 4.57 Å². The minimum Gasteiger partial charge on any atom is -0.396 e. The summed E-state index contributed by atoms with van der Waals surface area (Å²) in [5.41, 5.74) is 0. The lowest BCUT2D eigenvalue weighted by atomic mass is 10.1. The standard InChI is InChI=1S/C6H15O5P/c1-2-3-6(4-7)5-11-12(8,9)10/h6-7H,2-5H2,1H3,(H2,8,9,10). The fourth-order valence-electron chi connectivity index (χ4n) is 0.838. The Labute approximate surface area is 71.6 Å². The van der Waals surface area contributed by atoms with Gasteiger partial charge >= 0.3 is 7.82 Å². The van der Waals surface area contributed by atoms with Crippen molar-refractivity contribution in [2.75, 3.05) is 13.2 Å².